The third kappa shape index (κ3) is 8.77. The van der Waals surface area contributed by atoms with Gasteiger partial charge in [0.15, 0.2) is 0 Å². The molecule has 0 amide bonds. The summed E-state index contributed by atoms with van der Waals surface area (Å²) in [6.45, 7) is 9.97. The van der Waals surface area contributed by atoms with Crippen molar-refractivity contribution < 1.29 is 0 Å². The van der Waals surface area contributed by atoms with Crippen molar-refractivity contribution in [3.63, 3.8) is 0 Å². The molecule has 0 radical (unpaired) electrons. The van der Waals surface area contributed by atoms with Crippen molar-refractivity contribution in [1.29, 1.82) is 0 Å². The van der Waals surface area contributed by atoms with E-state index < -0.39 is 0 Å². The third-order valence-electron chi connectivity index (χ3n) is 6.42. The van der Waals surface area contributed by atoms with E-state index in [9.17, 15) is 0 Å². The van der Waals surface area contributed by atoms with E-state index >= 15 is 0 Å². The Labute approximate surface area is 217 Å². The van der Waals surface area contributed by atoms with Crippen molar-refractivity contribution in [2.45, 2.75) is 52.4 Å². The van der Waals surface area contributed by atoms with Gasteiger partial charge in [-0.1, -0.05) is 39.5 Å². The van der Waals surface area contributed by atoms with E-state index in [4.69, 9.17) is 11.5 Å². The molecule has 4 N–H and O–H groups in total. The number of nitrogens with two attached hydrogens (primary N) is 2. The molecule has 2 aromatic carbocycles. The van der Waals surface area contributed by atoms with Gasteiger partial charge in [0, 0.05) is 61.8 Å². The number of hydrogen-bond donors (Lipinski definition) is 2. The average molecular weight is 499 g/mol. The molecule has 192 valence electrons. The summed E-state index contributed by atoms with van der Waals surface area (Å²) in [5.74, 6) is 1.28. The van der Waals surface area contributed by atoms with Crippen LogP contribution in [-0.2, 0) is 0 Å². The zero-order valence-corrected chi connectivity index (χ0v) is 22.3. The number of unbranched alkanes of at least 4 members (excludes halogenated alkanes) is 4. The van der Waals surface area contributed by atoms with Crippen LogP contribution in [0.25, 0.3) is 0 Å². The standard InChI is InChI=1S/C28H42N6.ClH/c1-3-5-7-17-31-27(29)23-9-13-25(14-10-23)33-19-21-34(22-20-33)26-15-11-24(12-16-26)28(30)32-18-8-6-4-2;/h9-16H,3-8,17-22H2,1-2H3,(H2,29,31)(H2,30,32);1H. The molecule has 0 unspecified atom stereocenters. The second-order valence-corrected chi connectivity index (χ2v) is 9.02. The van der Waals surface area contributed by atoms with E-state index in [0.29, 0.717) is 11.7 Å². The lowest BCUT2D eigenvalue weighted by Gasteiger charge is -2.37. The Morgan fingerprint density at radius 1 is 0.629 bits per heavy atom. The highest BCUT2D eigenvalue weighted by Crippen LogP contribution is 2.21. The van der Waals surface area contributed by atoms with Crippen LogP contribution in [0.2, 0.25) is 0 Å². The number of rotatable bonds is 12. The molecule has 6 nitrogen and oxygen atoms in total. The summed E-state index contributed by atoms with van der Waals surface area (Å²) >= 11 is 0. The van der Waals surface area contributed by atoms with Gasteiger partial charge in [0.25, 0.3) is 0 Å². The first kappa shape index (κ1) is 28.5. The van der Waals surface area contributed by atoms with Crippen LogP contribution in [-0.4, -0.2) is 50.9 Å². The second kappa shape index (κ2) is 15.3. The molecule has 1 aliphatic heterocycles. The van der Waals surface area contributed by atoms with E-state index in [-0.39, 0.29) is 12.4 Å². The summed E-state index contributed by atoms with van der Waals surface area (Å²) in [5, 5.41) is 0. The van der Waals surface area contributed by atoms with Crippen LogP contribution in [0.4, 0.5) is 11.4 Å². The Balaban J connectivity index is 0.00000432. The maximum Gasteiger partial charge on any atom is 0.125 e. The Morgan fingerprint density at radius 2 is 0.971 bits per heavy atom. The lowest BCUT2D eigenvalue weighted by molar-refractivity contribution is 0.653. The van der Waals surface area contributed by atoms with Gasteiger partial charge in [-0.2, -0.15) is 0 Å². The highest BCUT2D eigenvalue weighted by molar-refractivity contribution is 5.98. The van der Waals surface area contributed by atoms with Crippen LogP contribution in [0.5, 0.6) is 0 Å². The van der Waals surface area contributed by atoms with Crippen LogP contribution < -0.4 is 21.3 Å². The largest absolute Gasteiger partial charge is 0.384 e. The van der Waals surface area contributed by atoms with Gasteiger partial charge in [-0.25, -0.2) is 0 Å². The van der Waals surface area contributed by atoms with Crippen molar-refractivity contribution in [3.8, 4) is 0 Å². The Kier molecular flexibility index (Phi) is 12.5. The van der Waals surface area contributed by atoms with E-state index in [0.717, 1.165) is 63.2 Å². The number of amidine groups is 2. The highest BCUT2D eigenvalue weighted by atomic mass is 35.5. The van der Waals surface area contributed by atoms with Gasteiger partial charge in [-0.15, -0.1) is 12.4 Å². The summed E-state index contributed by atoms with van der Waals surface area (Å²) in [5.41, 5.74) is 16.8. The van der Waals surface area contributed by atoms with Gasteiger partial charge in [0.2, 0.25) is 0 Å². The first-order chi connectivity index (χ1) is 16.6. The summed E-state index contributed by atoms with van der Waals surface area (Å²) in [4.78, 5) is 13.9. The monoisotopic (exact) mass is 498 g/mol. The van der Waals surface area contributed by atoms with Crippen molar-refractivity contribution in [2.75, 3.05) is 49.1 Å². The molecule has 0 spiro atoms. The zero-order chi connectivity index (χ0) is 24.2. The first-order valence-electron chi connectivity index (χ1n) is 12.9. The quantitative estimate of drug-likeness (QED) is 0.238. The molecule has 0 aliphatic carbocycles. The highest BCUT2D eigenvalue weighted by Gasteiger charge is 2.18. The van der Waals surface area contributed by atoms with Gasteiger partial charge in [0.1, 0.15) is 11.7 Å². The number of hydrogen-bond acceptors (Lipinski definition) is 4. The fourth-order valence-electron chi connectivity index (χ4n) is 4.21. The summed E-state index contributed by atoms with van der Waals surface area (Å²) in [6.07, 6.45) is 7.00. The third-order valence-corrected chi connectivity index (χ3v) is 6.42. The van der Waals surface area contributed by atoms with Crippen molar-refractivity contribution in [2.24, 2.45) is 21.5 Å². The fourth-order valence-corrected chi connectivity index (χ4v) is 4.21. The van der Waals surface area contributed by atoms with E-state index in [1.54, 1.807) is 0 Å². The topological polar surface area (TPSA) is 83.2 Å². The molecule has 0 saturated carbocycles. The predicted octanol–water partition coefficient (Wildman–Crippen LogP) is 5.23. The van der Waals surface area contributed by atoms with Crippen molar-refractivity contribution >= 4 is 35.5 Å². The Hall–Kier alpha value is -2.73. The second-order valence-electron chi connectivity index (χ2n) is 9.02. The first-order valence-corrected chi connectivity index (χ1v) is 12.9. The normalized spacial score (nSPS) is 14.7. The Morgan fingerprint density at radius 3 is 1.29 bits per heavy atom. The minimum absolute atomic E-state index is 0. The van der Waals surface area contributed by atoms with Crippen LogP contribution in [0, 0.1) is 0 Å². The number of nitrogens with zero attached hydrogens (tertiary/aromatic N) is 4. The molecule has 0 aromatic heterocycles. The molecule has 1 heterocycles. The van der Waals surface area contributed by atoms with Gasteiger partial charge in [0.05, 0.1) is 0 Å². The van der Waals surface area contributed by atoms with Gasteiger partial charge in [-0.3, -0.25) is 9.98 Å². The van der Waals surface area contributed by atoms with Crippen molar-refractivity contribution in [3.05, 3.63) is 59.7 Å². The minimum Gasteiger partial charge on any atom is -0.384 e. The molecule has 1 aliphatic rings. The van der Waals surface area contributed by atoms with Gasteiger partial charge in [-0.05, 0) is 61.4 Å². The molecule has 3 rings (SSSR count). The lowest BCUT2D eigenvalue weighted by atomic mass is 10.1. The summed E-state index contributed by atoms with van der Waals surface area (Å²) in [6, 6.07) is 17.0. The minimum atomic E-state index is 0. The maximum absolute atomic E-state index is 6.17. The molecular weight excluding hydrogens is 456 g/mol. The molecular formula is C28H43ClN6. The Bertz CT molecular complexity index is 838. The molecule has 0 bridgehead atoms. The van der Waals surface area contributed by atoms with E-state index in [1.165, 1.54) is 37.1 Å². The number of piperazine rings is 1. The number of benzene rings is 2. The predicted molar refractivity (Wildman–Crippen MR) is 155 cm³/mol. The number of aliphatic imine (C=N–C) groups is 2. The number of anilines is 2. The van der Waals surface area contributed by atoms with Crippen LogP contribution >= 0.6 is 12.4 Å². The van der Waals surface area contributed by atoms with Crippen LogP contribution in [0.1, 0.15) is 63.5 Å². The molecule has 35 heavy (non-hydrogen) atoms. The number of halogens is 1. The molecule has 1 fully saturated rings. The zero-order valence-electron chi connectivity index (χ0n) is 21.5. The van der Waals surface area contributed by atoms with Crippen molar-refractivity contribution in [1.82, 2.24) is 0 Å². The summed E-state index contributed by atoms with van der Waals surface area (Å²) < 4.78 is 0. The maximum atomic E-state index is 6.17. The van der Waals surface area contributed by atoms with E-state index in [1.807, 2.05) is 0 Å². The summed E-state index contributed by atoms with van der Waals surface area (Å²) in [7, 11) is 0. The molecule has 7 heteroatoms. The van der Waals surface area contributed by atoms with Crippen LogP contribution in [0.15, 0.2) is 58.5 Å². The molecule has 2 aromatic rings. The van der Waals surface area contributed by atoms with Crippen LogP contribution in [0.3, 0.4) is 0 Å². The molecule has 0 atom stereocenters. The molecule has 1 saturated heterocycles. The van der Waals surface area contributed by atoms with E-state index in [2.05, 4.69) is 82.2 Å². The smallest absolute Gasteiger partial charge is 0.125 e. The van der Waals surface area contributed by atoms with Gasteiger partial charge < -0.3 is 21.3 Å². The van der Waals surface area contributed by atoms with Gasteiger partial charge >= 0.3 is 0 Å². The average Bonchev–Trinajstić information content (AvgIpc) is 2.89. The SMILES string of the molecule is CCCCCN=C(N)c1ccc(N2CCN(c3ccc(C(N)=NCCCCC)cc3)CC2)cc1.Cl. The lowest BCUT2D eigenvalue weighted by Crippen LogP contribution is -2.46. The fraction of sp³-hybridized carbons (Fsp3) is 0.500.